The van der Waals surface area contributed by atoms with Crippen LogP contribution >= 0.6 is 0 Å². The number of ether oxygens (including phenoxy) is 3. The summed E-state index contributed by atoms with van der Waals surface area (Å²) in [5.41, 5.74) is 0. The molecule has 0 aliphatic carbocycles. The first-order valence-corrected chi connectivity index (χ1v) is 13.0. The van der Waals surface area contributed by atoms with Crippen molar-refractivity contribution in [3.05, 3.63) is 12.2 Å². The Morgan fingerprint density at radius 3 is 1.67 bits per heavy atom. The fourth-order valence-corrected chi connectivity index (χ4v) is 3.70. The molecule has 0 bridgehead atoms. The normalized spacial score (nSPS) is 13.3. The van der Waals surface area contributed by atoms with E-state index in [9.17, 15) is 14.4 Å². The summed E-state index contributed by atoms with van der Waals surface area (Å²) >= 11 is 0. The second kappa shape index (κ2) is 20.8. The van der Waals surface area contributed by atoms with Gasteiger partial charge in [-0.05, 0) is 6.42 Å². The molecule has 0 N–H and O–H groups in total. The highest BCUT2D eigenvalue weighted by Gasteiger charge is 2.22. The monoisotopic (exact) mass is 467 g/mol. The van der Waals surface area contributed by atoms with E-state index in [1.54, 1.807) is 0 Å². The number of hydrogen-bond donors (Lipinski definition) is 0. The molecule has 0 unspecified atom stereocenters. The predicted octanol–water partition coefficient (Wildman–Crippen LogP) is 4.97. The van der Waals surface area contributed by atoms with Gasteiger partial charge in [0, 0.05) is 18.6 Å². The highest BCUT2D eigenvalue weighted by molar-refractivity contribution is 6.12. The molecule has 0 saturated heterocycles. The maximum atomic E-state index is 11.7. The molecule has 0 atom stereocenters. The fraction of sp³-hybridized carbons (Fsp3) is 0.808. The van der Waals surface area contributed by atoms with Crippen molar-refractivity contribution < 1.29 is 28.6 Å². The second-order valence-corrected chi connectivity index (χ2v) is 8.60. The number of hydrogen-bond acceptors (Lipinski definition) is 6. The Labute approximate surface area is 200 Å². The van der Waals surface area contributed by atoms with E-state index in [2.05, 4.69) is 6.92 Å². The molecule has 0 spiro atoms. The number of carbonyl (C=O) groups excluding carboxylic acids is 3. The molecule has 7 nitrogen and oxygen atoms in total. The fourth-order valence-electron chi connectivity index (χ4n) is 3.70. The molecule has 190 valence electrons. The van der Waals surface area contributed by atoms with Gasteiger partial charge in [0.25, 0.3) is 11.8 Å². The molecule has 0 aromatic rings. The molecule has 1 rings (SSSR count). The largest absolute Gasteiger partial charge is 0.463 e. The van der Waals surface area contributed by atoms with Crippen molar-refractivity contribution in [2.45, 2.75) is 96.8 Å². The van der Waals surface area contributed by atoms with E-state index >= 15 is 0 Å². The summed E-state index contributed by atoms with van der Waals surface area (Å²) in [6.45, 7) is 4.08. The highest BCUT2D eigenvalue weighted by atomic mass is 16.6. The van der Waals surface area contributed by atoms with E-state index in [0.29, 0.717) is 26.2 Å². The zero-order valence-electron chi connectivity index (χ0n) is 20.7. The first kappa shape index (κ1) is 29.3. The van der Waals surface area contributed by atoms with Gasteiger partial charge in [-0.2, -0.15) is 0 Å². The number of rotatable bonds is 23. The number of carbonyl (C=O) groups is 3. The summed E-state index contributed by atoms with van der Waals surface area (Å²) in [5, 5.41) is 0. The average Bonchev–Trinajstić information content (AvgIpc) is 3.13. The molecule has 1 heterocycles. The molecule has 1 aliphatic heterocycles. The molecule has 0 fully saturated rings. The van der Waals surface area contributed by atoms with Crippen molar-refractivity contribution >= 4 is 17.8 Å². The van der Waals surface area contributed by atoms with Gasteiger partial charge in [-0.3, -0.25) is 19.3 Å². The van der Waals surface area contributed by atoms with Gasteiger partial charge in [0.2, 0.25) is 0 Å². The molecule has 33 heavy (non-hydrogen) atoms. The summed E-state index contributed by atoms with van der Waals surface area (Å²) in [6, 6.07) is 0. The lowest BCUT2D eigenvalue weighted by Crippen LogP contribution is -2.33. The van der Waals surface area contributed by atoms with Crippen molar-refractivity contribution in [1.82, 2.24) is 4.90 Å². The summed E-state index contributed by atoms with van der Waals surface area (Å²) in [4.78, 5) is 35.6. The van der Waals surface area contributed by atoms with Crippen LogP contribution in [-0.4, -0.2) is 62.3 Å². The Bertz CT molecular complexity index is 545. The number of amides is 2. The van der Waals surface area contributed by atoms with Crippen LogP contribution in [0.15, 0.2) is 12.2 Å². The van der Waals surface area contributed by atoms with Crippen LogP contribution in [0.5, 0.6) is 0 Å². The van der Waals surface area contributed by atoms with E-state index in [0.717, 1.165) is 17.7 Å². The van der Waals surface area contributed by atoms with Crippen LogP contribution in [0.4, 0.5) is 0 Å². The second-order valence-electron chi connectivity index (χ2n) is 8.60. The van der Waals surface area contributed by atoms with Gasteiger partial charge in [-0.25, -0.2) is 0 Å². The van der Waals surface area contributed by atoms with Crippen LogP contribution in [0, 0.1) is 0 Å². The van der Waals surface area contributed by atoms with Gasteiger partial charge in [-0.15, -0.1) is 0 Å². The Hall–Kier alpha value is -1.73. The molecule has 7 heteroatoms. The van der Waals surface area contributed by atoms with Gasteiger partial charge in [-0.1, -0.05) is 84.0 Å². The third kappa shape index (κ3) is 16.5. The Balaban J connectivity index is 1.75. The van der Waals surface area contributed by atoms with E-state index in [1.807, 2.05) is 0 Å². The number of unbranched alkanes of at least 4 members (excludes halogenated alkanes) is 12. The topological polar surface area (TPSA) is 82.1 Å². The molecule has 2 amide bonds. The van der Waals surface area contributed by atoms with Crippen LogP contribution < -0.4 is 0 Å². The smallest absolute Gasteiger partial charge is 0.305 e. The third-order valence-electron chi connectivity index (χ3n) is 5.71. The SMILES string of the molecule is CCCCCCCCCCCCCCCC(=O)OCCOCCOCCN1C(=O)C=CC1=O. The summed E-state index contributed by atoms with van der Waals surface area (Å²) in [6.07, 6.45) is 19.7. The van der Waals surface area contributed by atoms with Gasteiger partial charge < -0.3 is 14.2 Å². The predicted molar refractivity (Wildman–Crippen MR) is 129 cm³/mol. The van der Waals surface area contributed by atoms with Gasteiger partial charge in [0.15, 0.2) is 0 Å². The van der Waals surface area contributed by atoms with Crippen LogP contribution in [0.2, 0.25) is 0 Å². The minimum absolute atomic E-state index is 0.161. The molecule has 0 aromatic heterocycles. The van der Waals surface area contributed by atoms with Gasteiger partial charge in [0.05, 0.1) is 33.0 Å². The van der Waals surface area contributed by atoms with Crippen molar-refractivity contribution in [1.29, 1.82) is 0 Å². The lowest BCUT2D eigenvalue weighted by Gasteiger charge is -2.13. The number of nitrogens with zero attached hydrogens (tertiary/aromatic N) is 1. The van der Waals surface area contributed by atoms with Crippen LogP contribution in [0.3, 0.4) is 0 Å². The van der Waals surface area contributed by atoms with Crippen molar-refractivity contribution in [3.63, 3.8) is 0 Å². The maximum absolute atomic E-state index is 11.7. The first-order valence-electron chi connectivity index (χ1n) is 13.0. The molecular formula is C26H45NO6. The Morgan fingerprint density at radius 1 is 0.667 bits per heavy atom. The maximum Gasteiger partial charge on any atom is 0.305 e. The molecule has 1 aliphatic rings. The number of esters is 1. The quantitative estimate of drug-likeness (QED) is 0.120. The van der Waals surface area contributed by atoms with Crippen molar-refractivity contribution in [2.75, 3.05) is 39.6 Å². The average molecular weight is 468 g/mol. The molecular weight excluding hydrogens is 422 g/mol. The van der Waals surface area contributed by atoms with Gasteiger partial charge >= 0.3 is 5.97 Å². The number of imide groups is 1. The minimum Gasteiger partial charge on any atom is -0.463 e. The van der Waals surface area contributed by atoms with Crippen LogP contribution in [0.1, 0.15) is 96.8 Å². The zero-order valence-corrected chi connectivity index (χ0v) is 20.7. The van der Waals surface area contributed by atoms with Crippen LogP contribution in [0.25, 0.3) is 0 Å². The lowest BCUT2D eigenvalue weighted by molar-refractivity contribution is -0.145. The molecule has 0 radical (unpaired) electrons. The third-order valence-corrected chi connectivity index (χ3v) is 5.71. The molecule has 0 saturated carbocycles. The summed E-state index contributed by atoms with van der Waals surface area (Å²) < 4.78 is 15.9. The molecule has 0 aromatic carbocycles. The lowest BCUT2D eigenvalue weighted by atomic mass is 10.0. The highest BCUT2D eigenvalue weighted by Crippen LogP contribution is 2.13. The summed E-state index contributed by atoms with van der Waals surface area (Å²) in [5.74, 6) is -0.771. The summed E-state index contributed by atoms with van der Waals surface area (Å²) in [7, 11) is 0. The van der Waals surface area contributed by atoms with Crippen molar-refractivity contribution in [3.8, 4) is 0 Å². The van der Waals surface area contributed by atoms with E-state index < -0.39 is 0 Å². The Morgan fingerprint density at radius 2 is 1.12 bits per heavy atom. The van der Waals surface area contributed by atoms with Crippen LogP contribution in [-0.2, 0) is 28.6 Å². The van der Waals surface area contributed by atoms with E-state index in [-0.39, 0.29) is 37.5 Å². The van der Waals surface area contributed by atoms with E-state index in [4.69, 9.17) is 14.2 Å². The van der Waals surface area contributed by atoms with Crippen molar-refractivity contribution in [2.24, 2.45) is 0 Å². The zero-order chi connectivity index (χ0) is 24.0. The van der Waals surface area contributed by atoms with Gasteiger partial charge in [0.1, 0.15) is 6.61 Å². The minimum atomic E-state index is -0.305. The standard InChI is InChI=1S/C26H45NO6/c1-2-3-4-5-6-7-8-9-10-11-12-13-14-15-26(30)33-23-22-32-21-20-31-19-18-27-24(28)16-17-25(27)29/h16-17H,2-15,18-23H2,1H3. The Kier molecular flexibility index (Phi) is 18.5. The first-order chi connectivity index (χ1) is 16.1. The van der Waals surface area contributed by atoms with E-state index in [1.165, 1.54) is 82.8 Å².